The van der Waals surface area contributed by atoms with E-state index < -0.39 is 12.6 Å². The van der Waals surface area contributed by atoms with Gasteiger partial charge < -0.3 is 4.90 Å². The number of hydrogen-bond acceptors (Lipinski definition) is 1. The lowest BCUT2D eigenvalue weighted by Crippen LogP contribution is -2.35. The second kappa shape index (κ2) is 6.09. The topological polar surface area (TPSA) is 3.24 Å². The van der Waals surface area contributed by atoms with Crippen LogP contribution in [0.4, 0.5) is 13.2 Å². The maximum absolute atomic E-state index is 11.9. The molecular weight excluding hydrogens is 271 g/mol. The van der Waals surface area contributed by atoms with Gasteiger partial charge in [0.05, 0.1) is 0 Å². The van der Waals surface area contributed by atoms with Crippen molar-refractivity contribution < 1.29 is 13.2 Å². The third kappa shape index (κ3) is 5.76. The average Bonchev–Trinajstić information content (AvgIpc) is 2.17. The summed E-state index contributed by atoms with van der Waals surface area (Å²) in [4.78, 5) is 2.14. The van der Waals surface area contributed by atoms with Crippen LogP contribution in [-0.4, -0.2) is 36.0 Å². The molecule has 1 nitrogen and oxygen atoms in total. The maximum atomic E-state index is 11.9. The van der Waals surface area contributed by atoms with Gasteiger partial charge in [0.1, 0.15) is 0 Å². The van der Waals surface area contributed by atoms with Crippen molar-refractivity contribution in [1.29, 1.82) is 0 Å². The highest BCUT2D eigenvalue weighted by atomic mass is 79.9. The summed E-state index contributed by atoms with van der Waals surface area (Å²) in [6, 6.07) is 0. The Balaban J connectivity index is 2.09. The van der Waals surface area contributed by atoms with Gasteiger partial charge in [-0.1, -0.05) is 15.9 Å². The molecule has 90 valence electrons. The normalized spacial score (nSPS) is 20.8. The van der Waals surface area contributed by atoms with Crippen LogP contribution in [-0.2, 0) is 0 Å². The van der Waals surface area contributed by atoms with E-state index >= 15 is 0 Å². The molecule has 1 aliphatic rings. The molecule has 0 bridgehead atoms. The minimum absolute atomic E-state index is 0.239. The monoisotopic (exact) mass is 287 g/mol. The standard InChI is InChI=1S/C10H17BrF3N/c11-8-9-2-6-15(7-3-9)5-1-4-10(12,13)14/h9H,1-8H2. The summed E-state index contributed by atoms with van der Waals surface area (Å²) in [5, 5.41) is 1.02. The third-order valence-corrected chi connectivity index (χ3v) is 3.78. The first-order chi connectivity index (χ1) is 7.01. The fourth-order valence-corrected chi connectivity index (χ4v) is 2.51. The first kappa shape index (κ1) is 13.3. The molecule has 0 unspecified atom stereocenters. The molecule has 0 amide bonds. The number of nitrogens with zero attached hydrogens (tertiary/aromatic N) is 1. The Morgan fingerprint density at radius 3 is 2.27 bits per heavy atom. The van der Waals surface area contributed by atoms with Gasteiger partial charge >= 0.3 is 6.18 Å². The van der Waals surface area contributed by atoms with E-state index in [1.54, 1.807) is 0 Å². The van der Waals surface area contributed by atoms with Gasteiger partial charge in [-0.2, -0.15) is 13.2 Å². The van der Waals surface area contributed by atoms with Gasteiger partial charge in [0, 0.05) is 11.8 Å². The molecule has 0 aliphatic carbocycles. The van der Waals surface area contributed by atoms with Crippen molar-refractivity contribution in [2.45, 2.75) is 31.9 Å². The van der Waals surface area contributed by atoms with Crippen LogP contribution in [0, 0.1) is 5.92 Å². The zero-order valence-electron chi connectivity index (χ0n) is 8.69. The van der Waals surface area contributed by atoms with Gasteiger partial charge in [-0.3, -0.25) is 0 Å². The van der Waals surface area contributed by atoms with Gasteiger partial charge in [-0.15, -0.1) is 0 Å². The predicted octanol–water partition coefficient (Wildman–Crippen LogP) is 3.44. The fraction of sp³-hybridized carbons (Fsp3) is 1.00. The van der Waals surface area contributed by atoms with Crippen LogP contribution in [0.1, 0.15) is 25.7 Å². The molecule has 0 aromatic heterocycles. The Labute approximate surface area is 97.1 Å². The molecule has 0 spiro atoms. The maximum Gasteiger partial charge on any atom is 0.389 e. The highest BCUT2D eigenvalue weighted by molar-refractivity contribution is 9.09. The molecule has 0 atom stereocenters. The van der Waals surface area contributed by atoms with Crippen molar-refractivity contribution in [3.8, 4) is 0 Å². The third-order valence-electron chi connectivity index (χ3n) is 2.86. The molecule has 1 rings (SSSR count). The quantitative estimate of drug-likeness (QED) is 0.716. The first-order valence-corrected chi connectivity index (χ1v) is 6.48. The molecule has 0 aromatic rings. The molecule has 15 heavy (non-hydrogen) atoms. The van der Waals surface area contributed by atoms with Crippen molar-refractivity contribution in [3.05, 3.63) is 0 Å². The smallest absolute Gasteiger partial charge is 0.303 e. The van der Waals surface area contributed by atoms with Crippen LogP contribution in [0.3, 0.4) is 0 Å². The van der Waals surface area contributed by atoms with Gasteiger partial charge in [-0.25, -0.2) is 0 Å². The van der Waals surface area contributed by atoms with Crippen LogP contribution in [0.15, 0.2) is 0 Å². The Morgan fingerprint density at radius 2 is 1.80 bits per heavy atom. The molecule has 1 aliphatic heterocycles. The number of rotatable bonds is 4. The lowest BCUT2D eigenvalue weighted by Gasteiger charge is -2.31. The van der Waals surface area contributed by atoms with Crippen LogP contribution < -0.4 is 0 Å². The minimum Gasteiger partial charge on any atom is -0.303 e. The number of halogens is 4. The highest BCUT2D eigenvalue weighted by Crippen LogP contribution is 2.23. The zero-order valence-corrected chi connectivity index (χ0v) is 10.3. The van der Waals surface area contributed by atoms with Crippen LogP contribution in [0.25, 0.3) is 0 Å². The number of likely N-dealkylation sites (tertiary alicyclic amines) is 1. The number of hydrogen-bond donors (Lipinski definition) is 0. The molecule has 0 aromatic carbocycles. The fourth-order valence-electron chi connectivity index (χ4n) is 1.87. The zero-order chi connectivity index (χ0) is 11.3. The number of piperidine rings is 1. The van der Waals surface area contributed by atoms with E-state index in [2.05, 4.69) is 20.8 Å². The van der Waals surface area contributed by atoms with Gasteiger partial charge in [0.2, 0.25) is 0 Å². The van der Waals surface area contributed by atoms with Crippen LogP contribution in [0.2, 0.25) is 0 Å². The van der Waals surface area contributed by atoms with Crippen LogP contribution in [0.5, 0.6) is 0 Å². The summed E-state index contributed by atoms with van der Waals surface area (Å²) in [6.45, 7) is 2.50. The van der Waals surface area contributed by atoms with E-state index in [4.69, 9.17) is 0 Å². The number of alkyl halides is 4. The second-order valence-corrected chi connectivity index (χ2v) is 4.81. The van der Waals surface area contributed by atoms with E-state index in [-0.39, 0.29) is 6.42 Å². The van der Waals surface area contributed by atoms with Crippen molar-refractivity contribution in [1.82, 2.24) is 4.90 Å². The molecule has 0 radical (unpaired) electrons. The summed E-state index contributed by atoms with van der Waals surface area (Å²) in [7, 11) is 0. The van der Waals surface area contributed by atoms with E-state index in [0.29, 0.717) is 12.5 Å². The summed E-state index contributed by atoms with van der Waals surface area (Å²) >= 11 is 3.44. The molecule has 0 N–H and O–H groups in total. The molecular formula is C10H17BrF3N. The van der Waals surface area contributed by atoms with Crippen molar-refractivity contribution in [2.75, 3.05) is 25.0 Å². The van der Waals surface area contributed by atoms with E-state index in [9.17, 15) is 13.2 Å². The summed E-state index contributed by atoms with van der Waals surface area (Å²) in [5.41, 5.74) is 0. The Morgan fingerprint density at radius 1 is 1.20 bits per heavy atom. The van der Waals surface area contributed by atoms with Gasteiger partial charge in [-0.05, 0) is 44.8 Å². The van der Waals surface area contributed by atoms with Crippen LogP contribution >= 0.6 is 15.9 Å². The van der Waals surface area contributed by atoms with Crippen molar-refractivity contribution in [3.63, 3.8) is 0 Å². The Hall–Kier alpha value is 0.230. The van der Waals surface area contributed by atoms with Crippen molar-refractivity contribution >= 4 is 15.9 Å². The van der Waals surface area contributed by atoms with E-state index in [1.807, 2.05) is 0 Å². The summed E-state index contributed by atoms with van der Waals surface area (Å²) in [6.07, 6.45) is -2.18. The lowest BCUT2D eigenvalue weighted by atomic mass is 9.99. The van der Waals surface area contributed by atoms with Gasteiger partial charge in [0.25, 0.3) is 0 Å². The van der Waals surface area contributed by atoms with E-state index in [1.165, 1.54) is 0 Å². The highest BCUT2D eigenvalue weighted by Gasteiger charge is 2.27. The summed E-state index contributed by atoms with van der Waals surface area (Å²) < 4.78 is 35.7. The van der Waals surface area contributed by atoms with Gasteiger partial charge in [0.15, 0.2) is 0 Å². The Kier molecular flexibility index (Phi) is 5.39. The predicted molar refractivity (Wildman–Crippen MR) is 58.2 cm³/mol. The first-order valence-electron chi connectivity index (χ1n) is 5.36. The molecule has 1 saturated heterocycles. The molecule has 0 saturated carbocycles. The van der Waals surface area contributed by atoms with E-state index in [0.717, 1.165) is 31.3 Å². The second-order valence-electron chi connectivity index (χ2n) is 4.16. The summed E-state index contributed by atoms with van der Waals surface area (Å²) in [5.74, 6) is 0.712. The molecule has 5 heteroatoms. The SMILES string of the molecule is FC(F)(F)CCCN1CCC(CBr)CC1. The largest absolute Gasteiger partial charge is 0.389 e. The lowest BCUT2D eigenvalue weighted by molar-refractivity contribution is -0.136. The minimum atomic E-state index is -3.99. The van der Waals surface area contributed by atoms with Crippen molar-refractivity contribution in [2.24, 2.45) is 5.92 Å². The Bertz CT molecular complexity index is 176. The molecule has 1 heterocycles. The average molecular weight is 288 g/mol. The molecule has 1 fully saturated rings.